The van der Waals surface area contributed by atoms with Gasteiger partial charge in [0.05, 0.1) is 11.6 Å². The fraction of sp³-hybridized carbons (Fsp3) is 0.318. The van der Waals surface area contributed by atoms with Gasteiger partial charge >= 0.3 is 0 Å². The minimum atomic E-state index is -0.534. The van der Waals surface area contributed by atoms with Crippen LogP contribution in [0.15, 0.2) is 61.2 Å². The van der Waals surface area contributed by atoms with Crippen LogP contribution in [0.2, 0.25) is 0 Å². The fourth-order valence-electron chi connectivity index (χ4n) is 3.79. The highest BCUT2D eigenvalue weighted by atomic mass is 16.5. The maximum Gasteiger partial charge on any atom is 0.231 e. The molecule has 2 aromatic heterocycles. The number of rotatable bonds is 5. The molecule has 3 heterocycles. The molecular formula is C22H24N4O2. The Morgan fingerprint density at radius 3 is 2.64 bits per heavy atom. The van der Waals surface area contributed by atoms with Crippen molar-refractivity contribution >= 4 is 5.91 Å². The Bertz CT molecular complexity index is 946. The van der Waals surface area contributed by atoms with E-state index < -0.39 is 5.41 Å². The number of pyridine rings is 1. The van der Waals surface area contributed by atoms with Gasteiger partial charge in [-0.25, -0.2) is 0 Å². The number of nitrogens with zero attached hydrogens (tertiary/aromatic N) is 3. The molecule has 3 aromatic rings. The molecule has 0 saturated carbocycles. The SMILES string of the molecule is Cn1cc(-c2cncc(CNC(=O)C3(c4ccccc4)CCOCC3)c2)cn1. The van der Waals surface area contributed by atoms with Crippen molar-refractivity contribution in [3.05, 3.63) is 72.3 Å². The number of nitrogens with one attached hydrogen (secondary N) is 1. The van der Waals surface area contributed by atoms with E-state index in [1.54, 1.807) is 10.9 Å². The number of aromatic nitrogens is 3. The molecule has 6 heteroatoms. The first kappa shape index (κ1) is 18.4. The second kappa shape index (κ2) is 7.94. The summed E-state index contributed by atoms with van der Waals surface area (Å²) in [5.41, 5.74) is 3.48. The minimum Gasteiger partial charge on any atom is -0.381 e. The lowest BCUT2D eigenvalue weighted by molar-refractivity contribution is -0.130. The Balaban J connectivity index is 1.51. The van der Waals surface area contributed by atoms with Crippen LogP contribution in [-0.2, 0) is 28.5 Å². The maximum atomic E-state index is 13.3. The van der Waals surface area contributed by atoms with Crippen molar-refractivity contribution in [2.75, 3.05) is 13.2 Å². The first-order valence-corrected chi connectivity index (χ1v) is 9.52. The van der Waals surface area contributed by atoms with Crippen LogP contribution in [0.5, 0.6) is 0 Å². The Kier molecular flexibility index (Phi) is 5.21. The molecule has 1 N–H and O–H groups in total. The summed E-state index contributed by atoms with van der Waals surface area (Å²) in [7, 11) is 1.89. The quantitative estimate of drug-likeness (QED) is 0.743. The number of ether oxygens (including phenoxy) is 1. The van der Waals surface area contributed by atoms with Crippen molar-refractivity contribution in [3.8, 4) is 11.1 Å². The number of aryl methyl sites for hydroxylation is 1. The van der Waals surface area contributed by atoms with Crippen LogP contribution >= 0.6 is 0 Å². The molecule has 1 fully saturated rings. The Morgan fingerprint density at radius 1 is 1.14 bits per heavy atom. The van der Waals surface area contributed by atoms with Gasteiger partial charge in [-0.05, 0) is 30.0 Å². The first-order chi connectivity index (χ1) is 13.7. The van der Waals surface area contributed by atoms with Gasteiger partial charge in [0, 0.05) is 56.5 Å². The van der Waals surface area contributed by atoms with Gasteiger partial charge in [-0.1, -0.05) is 30.3 Å². The van der Waals surface area contributed by atoms with E-state index in [0.717, 1.165) is 22.3 Å². The molecule has 28 heavy (non-hydrogen) atoms. The van der Waals surface area contributed by atoms with E-state index in [4.69, 9.17) is 4.74 Å². The summed E-state index contributed by atoms with van der Waals surface area (Å²) in [5.74, 6) is 0.0498. The van der Waals surface area contributed by atoms with Crippen LogP contribution in [0.1, 0.15) is 24.0 Å². The van der Waals surface area contributed by atoms with Gasteiger partial charge in [-0.2, -0.15) is 5.10 Å². The maximum absolute atomic E-state index is 13.3. The summed E-state index contributed by atoms with van der Waals surface area (Å²) in [6, 6.07) is 12.1. The molecular weight excluding hydrogens is 352 g/mol. The van der Waals surface area contributed by atoms with E-state index in [1.807, 2.05) is 62.0 Å². The summed E-state index contributed by atoms with van der Waals surface area (Å²) in [5, 5.41) is 7.34. The number of benzene rings is 1. The lowest BCUT2D eigenvalue weighted by atomic mass is 9.73. The molecule has 4 rings (SSSR count). The smallest absolute Gasteiger partial charge is 0.231 e. The van der Waals surface area contributed by atoms with Gasteiger partial charge < -0.3 is 10.1 Å². The number of carbonyl (C=O) groups is 1. The predicted molar refractivity (Wildman–Crippen MR) is 106 cm³/mol. The fourth-order valence-corrected chi connectivity index (χ4v) is 3.79. The first-order valence-electron chi connectivity index (χ1n) is 9.52. The van der Waals surface area contributed by atoms with Crippen LogP contribution < -0.4 is 5.32 Å². The molecule has 0 aliphatic carbocycles. The van der Waals surface area contributed by atoms with Crippen LogP contribution in [0.3, 0.4) is 0 Å². The lowest BCUT2D eigenvalue weighted by Gasteiger charge is -2.36. The van der Waals surface area contributed by atoms with Gasteiger partial charge in [-0.3, -0.25) is 14.5 Å². The van der Waals surface area contributed by atoms with Gasteiger partial charge in [-0.15, -0.1) is 0 Å². The molecule has 1 aromatic carbocycles. The van der Waals surface area contributed by atoms with Crippen molar-refractivity contribution in [2.24, 2.45) is 7.05 Å². The Morgan fingerprint density at radius 2 is 1.93 bits per heavy atom. The lowest BCUT2D eigenvalue weighted by Crippen LogP contribution is -2.47. The molecule has 1 aliphatic rings. The van der Waals surface area contributed by atoms with Crippen molar-refractivity contribution in [1.82, 2.24) is 20.1 Å². The van der Waals surface area contributed by atoms with Crippen molar-refractivity contribution < 1.29 is 9.53 Å². The van der Waals surface area contributed by atoms with E-state index in [2.05, 4.69) is 15.4 Å². The highest BCUT2D eigenvalue weighted by Gasteiger charge is 2.41. The zero-order chi connectivity index (χ0) is 19.4. The Labute approximate surface area is 164 Å². The average Bonchev–Trinajstić information content (AvgIpc) is 3.20. The van der Waals surface area contributed by atoms with Gasteiger partial charge in [0.15, 0.2) is 0 Å². The van der Waals surface area contributed by atoms with Crippen molar-refractivity contribution in [3.63, 3.8) is 0 Å². The van der Waals surface area contributed by atoms with Crippen LogP contribution in [0.4, 0.5) is 0 Å². The number of hydrogen-bond donors (Lipinski definition) is 1. The monoisotopic (exact) mass is 376 g/mol. The topological polar surface area (TPSA) is 69.0 Å². The van der Waals surface area contributed by atoms with E-state index in [1.165, 1.54) is 0 Å². The summed E-state index contributed by atoms with van der Waals surface area (Å²) in [4.78, 5) is 17.6. The summed E-state index contributed by atoms with van der Waals surface area (Å²) < 4.78 is 7.29. The summed E-state index contributed by atoms with van der Waals surface area (Å²) in [6.07, 6.45) is 8.75. The zero-order valence-corrected chi connectivity index (χ0v) is 16.0. The largest absolute Gasteiger partial charge is 0.381 e. The van der Waals surface area contributed by atoms with E-state index >= 15 is 0 Å². The standard InChI is InChI=1S/C22H24N4O2/c1-26-16-19(15-25-26)18-11-17(12-23-14-18)13-24-21(27)22(7-9-28-10-8-22)20-5-3-2-4-6-20/h2-6,11-12,14-16H,7-10,13H2,1H3,(H,24,27). The third-order valence-electron chi connectivity index (χ3n) is 5.39. The molecule has 1 amide bonds. The Hall–Kier alpha value is -2.99. The number of hydrogen-bond acceptors (Lipinski definition) is 4. The third kappa shape index (κ3) is 3.68. The van der Waals surface area contributed by atoms with Gasteiger partial charge in [0.1, 0.15) is 0 Å². The molecule has 0 spiro atoms. The van der Waals surface area contributed by atoms with Crippen molar-refractivity contribution in [1.29, 1.82) is 0 Å². The molecule has 6 nitrogen and oxygen atoms in total. The molecule has 1 saturated heterocycles. The summed E-state index contributed by atoms with van der Waals surface area (Å²) in [6.45, 7) is 1.64. The van der Waals surface area contributed by atoms with E-state index in [0.29, 0.717) is 32.6 Å². The normalized spacial score (nSPS) is 15.9. The minimum absolute atomic E-state index is 0.0498. The highest BCUT2D eigenvalue weighted by Crippen LogP contribution is 2.35. The van der Waals surface area contributed by atoms with E-state index in [-0.39, 0.29) is 5.91 Å². The number of carbonyl (C=O) groups excluding carboxylic acids is 1. The van der Waals surface area contributed by atoms with Crippen LogP contribution in [0, 0.1) is 0 Å². The zero-order valence-electron chi connectivity index (χ0n) is 16.0. The molecule has 0 radical (unpaired) electrons. The highest BCUT2D eigenvalue weighted by molar-refractivity contribution is 5.88. The van der Waals surface area contributed by atoms with Crippen molar-refractivity contribution in [2.45, 2.75) is 24.8 Å². The van der Waals surface area contributed by atoms with Crippen LogP contribution in [0.25, 0.3) is 11.1 Å². The molecule has 0 bridgehead atoms. The number of amides is 1. The van der Waals surface area contributed by atoms with E-state index in [9.17, 15) is 4.79 Å². The summed E-state index contributed by atoms with van der Waals surface area (Å²) >= 11 is 0. The predicted octanol–water partition coefficient (Wildman–Crippen LogP) is 2.85. The third-order valence-corrected chi connectivity index (χ3v) is 5.39. The molecule has 0 unspecified atom stereocenters. The molecule has 0 atom stereocenters. The van der Waals surface area contributed by atoms with Crippen LogP contribution in [-0.4, -0.2) is 33.9 Å². The molecule has 144 valence electrons. The second-order valence-electron chi connectivity index (χ2n) is 7.23. The van der Waals surface area contributed by atoms with Gasteiger partial charge in [0.25, 0.3) is 0 Å². The average molecular weight is 376 g/mol. The van der Waals surface area contributed by atoms with Gasteiger partial charge in [0.2, 0.25) is 5.91 Å². The molecule has 1 aliphatic heterocycles. The second-order valence-corrected chi connectivity index (χ2v) is 7.23.